The lowest BCUT2D eigenvalue weighted by molar-refractivity contribution is -0.144. The molecular formula is C27H33N3O4S. The minimum atomic E-state index is -0.901. The van der Waals surface area contributed by atoms with Gasteiger partial charge in [-0.2, -0.15) is 0 Å². The average molecular weight is 496 g/mol. The Morgan fingerprint density at radius 1 is 1.06 bits per heavy atom. The highest BCUT2D eigenvalue weighted by Crippen LogP contribution is 2.65. The van der Waals surface area contributed by atoms with Crippen LogP contribution in [0.5, 0.6) is 0 Å². The summed E-state index contributed by atoms with van der Waals surface area (Å²) in [7, 11) is 1.76. The van der Waals surface area contributed by atoms with Gasteiger partial charge in [0.2, 0.25) is 11.8 Å². The molecule has 35 heavy (non-hydrogen) atoms. The Labute approximate surface area is 210 Å². The Morgan fingerprint density at radius 2 is 1.77 bits per heavy atom. The zero-order chi connectivity index (χ0) is 25.3. The van der Waals surface area contributed by atoms with E-state index in [4.69, 9.17) is 0 Å². The van der Waals surface area contributed by atoms with Crippen LogP contribution in [-0.2, 0) is 14.4 Å². The van der Waals surface area contributed by atoms with Gasteiger partial charge in [-0.15, -0.1) is 11.8 Å². The largest absolute Gasteiger partial charge is 0.394 e. The number of hydrogen-bond acceptors (Lipinski definition) is 5. The van der Waals surface area contributed by atoms with E-state index in [1.807, 2.05) is 63.3 Å². The first-order valence-electron chi connectivity index (χ1n) is 12.2. The molecule has 4 aliphatic rings. The van der Waals surface area contributed by atoms with E-state index in [9.17, 15) is 19.5 Å². The quantitative estimate of drug-likeness (QED) is 0.651. The van der Waals surface area contributed by atoms with Crippen molar-refractivity contribution in [2.45, 2.75) is 49.3 Å². The van der Waals surface area contributed by atoms with Crippen LogP contribution < -0.4 is 4.90 Å². The minimum absolute atomic E-state index is 0.0750. The molecule has 0 radical (unpaired) electrons. The van der Waals surface area contributed by atoms with Crippen molar-refractivity contribution in [2.75, 3.05) is 31.6 Å². The van der Waals surface area contributed by atoms with E-state index in [1.54, 1.807) is 40.4 Å². The molecule has 2 saturated heterocycles. The number of likely N-dealkylation sites (tertiary alicyclic amines) is 1. The summed E-state index contributed by atoms with van der Waals surface area (Å²) in [5, 5.41) is 10.1. The number of amides is 3. The summed E-state index contributed by atoms with van der Waals surface area (Å²) < 4.78 is -1.52. The highest BCUT2D eigenvalue weighted by Gasteiger charge is 2.74. The smallest absolute Gasteiger partial charge is 0.251 e. The van der Waals surface area contributed by atoms with Crippen molar-refractivity contribution in [3.05, 3.63) is 53.6 Å². The van der Waals surface area contributed by atoms with Crippen molar-refractivity contribution in [1.82, 2.24) is 9.80 Å². The van der Waals surface area contributed by atoms with E-state index in [0.717, 1.165) is 16.8 Å². The number of likely N-dealkylation sites (N-methyl/N-ethyl adjacent to an activating group) is 1. The number of rotatable bonds is 3. The second-order valence-corrected chi connectivity index (χ2v) is 12.3. The van der Waals surface area contributed by atoms with Crippen LogP contribution in [0.25, 0.3) is 0 Å². The number of aliphatic hydroxyl groups excluding tert-OH is 1. The van der Waals surface area contributed by atoms with Gasteiger partial charge in [-0.05, 0) is 44.9 Å². The van der Waals surface area contributed by atoms with Crippen LogP contribution in [0.4, 0.5) is 5.69 Å². The van der Waals surface area contributed by atoms with Crippen LogP contribution in [0.1, 0.15) is 25.0 Å². The van der Waals surface area contributed by atoms with Crippen molar-refractivity contribution in [3.63, 3.8) is 0 Å². The molecule has 2 fully saturated rings. The molecule has 0 saturated carbocycles. The normalized spacial score (nSPS) is 35.1. The number of thioether (sulfide) groups is 1. The Morgan fingerprint density at radius 3 is 2.49 bits per heavy atom. The third-order valence-electron chi connectivity index (χ3n) is 8.09. The summed E-state index contributed by atoms with van der Waals surface area (Å²) >= 11 is 1.56. The molecular weight excluding hydrogens is 462 g/mol. The monoisotopic (exact) mass is 495 g/mol. The fourth-order valence-electron chi connectivity index (χ4n) is 6.37. The molecule has 5 rings (SSSR count). The number of hydrogen-bond donors (Lipinski definition) is 1. The van der Waals surface area contributed by atoms with Crippen LogP contribution in [-0.4, -0.2) is 80.9 Å². The molecule has 0 aliphatic carbocycles. The van der Waals surface area contributed by atoms with E-state index >= 15 is 0 Å². The van der Waals surface area contributed by atoms with Crippen molar-refractivity contribution in [3.8, 4) is 0 Å². The predicted molar refractivity (Wildman–Crippen MR) is 137 cm³/mol. The van der Waals surface area contributed by atoms with Crippen molar-refractivity contribution in [2.24, 2.45) is 11.8 Å². The molecule has 0 bridgehead atoms. The van der Waals surface area contributed by atoms with E-state index in [1.165, 1.54) is 0 Å². The summed E-state index contributed by atoms with van der Waals surface area (Å²) in [4.78, 5) is 47.1. The molecule has 7 nitrogen and oxygen atoms in total. The van der Waals surface area contributed by atoms with Crippen molar-refractivity contribution >= 4 is 35.2 Å². The van der Waals surface area contributed by atoms with Gasteiger partial charge >= 0.3 is 0 Å². The Bertz CT molecular complexity index is 1170. The summed E-state index contributed by atoms with van der Waals surface area (Å²) in [5.41, 5.74) is 2.85. The topological polar surface area (TPSA) is 81.2 Å². The molecule has 6 atom stereocenters. The number of nitrogens with zero attached hydrogens (tertiary/aromatic N) is 3. The molecule has 1 spiro atoms. The summed E-state index contributed by atoms with van der Waals surface area (Å²) in [6.07, 6.45) is 8.03. The summed E-state index contributed by atoms with van der Waals surface area (Å²) in [6.45, 7) is 8.37. The highest BCUT2D eigenvalue weighted by atomic mass is 32.2. The van der Waals surface area contributed by atoms with Crippen molar-refractivity contribution in [1.29, 1.82) is 0 Å². The molecule has 8 heteroatoms. The summed E-state index contributed by atoms with van der Waals surface area (Å²) in [6, 6.07) is 4.65. The fraction of sp³-hybridized carbons (Fsp3) is 0.519. The lowest BCUT2D eigenvalue weighted by Gasteiger charge is -2.39. The van der Waals surface area contributed by atoms with Gasteiger partial charge in [0.05, 0.1) is 29.2 Å². The number of carbonyl (C=O) groups is 3. The van der Waals surface area contributed by atoms with Gasteiger partial charge < -0.3 is 19.8 Å². The van der Waals surface area contributed by atoms with Gasteiger partial charge in [0.25, 0.3) is 5.91 Å². The number of carbonyl (C=O) groups excluding carboxylic acids is 3. The molecule has 1 unspecified atom stereocenters. The minimum Gasteiger partial charge on any atom is -0.394 e. The molecule has 4 aliphatic heterocycles. The fourth-order valence-corrected chi connectivity index (χ4v) is 8.52. The number of fused-ring (bicyclic) bond motifs is 2. The van der Waals surface area contributed by atoms with Crippen LogP contribution in [0, 0.1) is 25.7 Å². The van der Waals surface area contributed by atoms with Crippen LogP contribution >= 0.6 is 11.8 Å². The van der Waals surface area contributed by atoms with Gasteiger partial charge in [0, 0.05) is 30.6 Å². The maximum atomic E-state index is 14.4. The highest BCUT2D eigenvalue weighted by molar-refractivity contribution is 8.02. The van der Waals surface area contributed by atoms with Crippen LogP contribution in [0.15, 0.2) is 42.5 Å². The second-order valence-electron chi connectivity index (χ2n) is 10.5. The third-order valence-corrected chi connectivity index (χ3v) is 9.89. The molecule has 0 aromatic heterocycles. The lowest BCUT2D eigenvalue weighted by atomic mass is 9.74. The number of anilines is 1. The van der Waals surface area contributed by atoms with Gasteiger partial charge in [0.15, 0.2) is 0 Å². The Hall–Kier alpha value is -2.58. The maximum Gasteiger partial charge on any atom is 0.251 e. The van der Waals surface area contributed by atoms with Crippen LogP contribution in [0.3, 0.4) is 0 Å². The first kappa shape index (κ1) is 24.1. The number of aryl methyl sites for hydroxylation is 2. The molecule has 1 N–H and O–H groups in total. The average Bonchev–Trinajstić information content (AvgIpc) is 3.10. The van der Waals surface area contributed by atoms with E-state index in [-0.39, 0.29) is 24.3 Å². The van der Waals surface area contributed by atoms with Crippen LogP contribution in [0.2, 0.25) is 0 Å². The number of benzene rings is 1. The van der Waals surface area contributed by atoms with Crippen molar-refractivity contribution < 1.29 is 19.5 Å². The third kappa shape index (κ3) is 3.33. The molecule has 1 aromatic rings. The Balaban J connectivity index is 1.69. The first-order chi connectivity index (χ1) is 16.6. The molecule has 186 valence electrons. The first-order valence-corrected chi connectivity index (χ1v) is 13.0. The second kappa shape index (κ2) is 8.23. The van der Waals surface area contributed by atoms with Gasteiger partial charge in [-0.3, -0.25) is 14.4 Å². The van der Waals surface area contributed by atoms with E-state index in [0.29, 0.717) is 13.1 Å². The Kier molecular flexibility index (Phi) is 5.68. The van der Waals surface area contributed by atoms with Gasteiger partial charge in [-0.1, -0.05) is 36.4 Å². The van der Waals surface area contributed by atoms with Gasteiger partial charge in [-0.25, -0.2) is 0 Å². The predicted octanol–water partition coefficient (Wildman–Crippen LogP) is 2.30. The molecule has 1 aromatic carbocycles. The zero-order valence-electron chi connectivity index (χ0n) is 20.9. The SMILES string of the molecule is Cc1ccc(C)c(N2CC=C[C@]34S[C@@]5(C)C=CCN(C)C(=O)[C@H]5[C@H]3C(=O)N([C@H](C)CO)C4C2=O)c1. The number of aliphatic hydroxyl groups is 1. The standard InChI is InChI=1S/C27H33N3O4S/c1-16-8-9-17(2)19(14-16)29-13-7-11-27-21(24(33)30(18(3)15-31)22(27)25(29)34)20-23(32)28(5)12-6-10-26(20,4)35-27/h6-11,14,18,20-22,31H,12-13,15H2,1-5H3/t18-,20-,21+,22?,26+,27+/m1/s1. The lowest BCUT2D eigenvalue weighted by Crippen LogP contribution is -2.56. The molecule has 4 heterocycles. The van der Waals surface area contributed by atoms with E-state index in [2.05, 4.69) is 0 Å². The summed E-state index contributed by atoms with van der Waals surface area (Å²) in [5.74, 6) is -1.75. The molecule has 3 amide bonds. The maximum absolute atomic E-state index is 14.4. The zero-order valence-corrected chi connectivity index (χ0v) is 21.7. The van der Waals surface area contributed by atoms with Gasteiger partial charge in [0.1, 0.15) is 6.04 Å². The van der Waals surface area contributed by atoms with E-state index < -0.39 is 33.4 Å².